The molecule has 0 bridgehead atoms. The van der Waals surface area contributed by atoms with Crippen molar-refractivity contribution in [3.63, 3.8) is 0 Å². The number of nitrogens with zero attached hydrogens (tertiary/aromatic N) is 3. The molecule has 1 saturated heterocycles. The van der Waals surface area contributed by atoms with Crippen LogP contribution in [-0.2, 0) is 0 Å². The average molecular weight is 212 g/mol. The van der Waals surface area contributed by atoms with Crippen LogP contribution in [0.4, 0.5) is 5.69 Å². The number of aromatic nitrogens is 1. The summed E-state index contributed by atoms with van der Waals surface area (Å²) in [7, 11) is 2.15. The minimum atomic E-state index is 0.571. The summed E-state index contributed by atoms with van der Waals surface area (Å²) in [4.78, 5) is 8.65. The summed E-state index contributed by atoms with van der Waals surface area (Å²) in [5.41, 5.74) is 1.18. The summed E-state index contributed by atoms with van der Waals surface area (Å²) in [5, 5.41) is 0.571. The molecule has 0 spiro atoms. The normalized spacial score (nSPS) is 18.6. The molecule has 0 aromatic carbocycles. The van der Waals surface area contributed by atoms with Gasteiger partial charge in [0, 0.05) is 38.1 Å². The van der Waals surface area contributed by atoms with E-state index in [0.29, 0.717) is 5.15 Å². The summed E-state index contributed by atoms with van der Waals surface area (Å²) >= 11 is 5.84. The van der Waals surface area contributed by atoms with Crippen LogP contribution in [-0.4, -0.2) is 43.1 Å². The van der Waals surface area contributed by atoms with Crippen LogP contribution >= 0.6 is 11.6 Å². The molecule has 1 aromatic rings. The lowest BCUT2D eigenvalue weighted by Crippen LogP contribution is -2.44. The highest BCUT2D eigenvalue weighted by molar-refractivity contribution is 6.29. The van der Waals surface area contributed by atoms with Gasteiger partial charge in [-0.3, -0.25) is 0 Å². The Bertz CT molecular complexity index is 308. The lowest BCUT2D eigenvalue weighted by Gasteiger charge is -2.33. The van der Waals surface area contributed by atoms with Crippen LogP contribution in [0.2, 0.25) is 5.15 Å². The van der Waals surface area contributed by atoms with Crippen LogP contribution in [0.25, 0.3) is 0 Å². The molecule has 0 saturated carbocycles. The molecular weight excluding hydrogens is 198 g/mol. The maximum atomic E-state index is 5.84. The number of halogens is 1. The molecular formula is C10H14ClN3. The van der Waals surface area contributed by atoms with Crippen molar-refractivity contribution in [2.45, 2.75) is 0 Å². The number of pyridine rings is 1. The van der Waals surface area contributed by atoms with Crippen molar-refractivity contribution in [3.05, 3.63) is 23.5 Å². The van der Waals surface area contributed by atoms with E-state index in [1.807, 2.05) is 12.1 Å². The molecule has 1 aliphatic rings. The van der Waals surface area contributed by atoms with Gasteiger partial charge in [0.25, 0.3) is 0 Å². The Morgan fingerprint density at radius 3 is 2.64 bits per heavy atom. The maximum Gasteiger partial charge on any atom is 0.131 e. The van der Waals surface area contributed by atoms with Gasteiger partial charge in [0.2, 0.25) is 0 Å². The fourth-order valence-corrected chi connectivity index (χ4v) is 1.82. The second kappa shape index (κ2) is 4.15. The van der Waals surface area contributed by atoms with Crippen LogP contribution in [0.5, 0.6) is 0 Å². The molecule has 0 N–H and O–H groups in total. The summed E-state index contributed by atoms with van der Waals surface area (Å²) in [6.45, 7) is 4.35. The van der Waals surface area contributed by atoms with E-state index in [4.69, 9.17) is 11.6 Å². The molecule has 0 atom stereocenters. The number of hydrogen-bond acceptors (Lipinski definition) is 3. The maximum absolute atomic E-state index is 5.84. The van der Waals surface area contributed by atoms with Crippen molar-refractivity contribution in [1.82, 2.24) is 9.88 Å². The van der Waals surface area contributed by atoms with Gasteiger partial charge in [-0.1, -0.05) is 11.6 Å². The molecule has 3 nitrogen and oxygen atoms in total. The minimum Gasteiger partial charge on any atom is -0.369 e. The average Bonchev–Trinajstić information content (AvgIpc) is 2.19. The standard InChI is InChI=1S/C10H14ClN3/c1-13-4-6-14(7-5-13)9-2-3-12-10(11)8-9/h2-3,8H,4-7H2,1H3. The van der Waals surface area contributed by atoms with Crippen LogP contribution in [0.15, 0.2) is 18.3 Å². The molecule has 1 fully saturated rings. The Kier molecular flexibility index (Phi) is 2.89. The Labute approximate surface area is 89.3 Å². The Morgan fingerprint density at radius 2 is 2.00 bits per heavy atom. The lowest BCUT2D eigenvalue weighted by atomic mass is 10.3. The van der Waals surface area contributed by atoms with Gasteiger partial charge in [0.1, 0.15) is 5.15 Å². The van der Waals surface area contributed by atoms with Gasteiger partial charge in [-0.15, -0.1) is 0 Å². The zero-order chi connectivity index (χ0) is 9.97. The van der Waals surface area contributed by atoms with Crippen LogP contribution in [0.1, 0.15) is 0 Å². The van der Waals surface area contributed by atoms with E-state index in [9.17, 15) is 0 Å². The third kappa shape index (κ3) is 2.16. The highest BCUT2D eigenvalue weighted by Crippen LogP contribution is 2.18. The highest BCUT2D eigenvalue weighted by Gasteiger charge is 2.14. The Hall–Kier alpha value is -0.800. The first kappa shape index (κ1) is 9.74. The van der Waals surface area contributed by atoms with E-state index in [2.05, 4.69) is 21.8 Å². The van der Waals surface area contributed by atoms with E-state index in [-0.39, 0.29) is 0 Å². The quantitative estimate of drug-likeness (QED) is 0.657. The van der Waals surface area contributed by atoms with Gasteiger partial charge in [0.15, 0.2) is 0 Å². The van der Waals surface area contributed by atoms with Gasteiger partial charge < -0.3 is 9.80 Å². The van der Waals surface area contributed by atoms with E-state index < -0.39 is 0 Å². The van der Waals surface area contributed by atoms with Crippen molar-refractivity contribution >= 4 is 17.3 Å². The topological polar surface area (TPSA) is 19.4 Å². The molecule has 76 valence electrons. The molecule has 2 rings (SSSR count). The first-order valence-corrected chi connectivity index (χ1v) is 5.18. The summed E-state index contributed by atoms with van der Waals surface area (Å²) < 4.78 is 0. The molecule has 0 amide bonds. The van der Waals surface area contributed by atoms with Crippen molar-refractivity contribution in [1.29, 1.82) is 0 Å². The molecule has 14 heavy (non-hydrogen) atoms. The van der Waals surface area contributed by atoms with Gasteiger partial charge >= 0.3 is 0 Å². The monoisotopic (exact) mass is 211 g/mol. The molecule has 0 radical (unpaired) electrons. The largest absolute Gasteiger partial charge is 0.369 e. The third-order valence-corrected chi connectivity index (χ3v) is 2.79. The fourth-order valence-electron chi connectivity index (χ4n) is 1.65. The predicted molar refractivity (Wildman–Crippen MR) is 59.0 cm³/mol. The zero-order valence-electron chi connectivity index (χ0n) is 8.28. The van der Waals surface area contributed by atoms with Crippen LogP contribution in [0, 0.1) is 0 Å². The third-order valence-electron chi connectivity index (χ3n) is 2.58. The SMILES string of the molecule is CN1CCN(c2ccnc(Cl)c2)CC1. The van der Waals surface area contributed by atoms with Gasteiger partial charge in [-0.2, -0.15) is 0 Å². The van der Waals surface area contributed by atoms with Crippen LogP contribution in [0.3, 0.4) is 0 Å². The molecule has 1 aromatic heterocycles. The minimum absolute atomic E-state index is 0.571. The number of piperazine rings is 1. The smallest absolute Gasteiger partial charge is 0.131 e. The van der Waals surface area contributed by atoms with Crippen molar-refractivity contribution < 1.29 is 0 Å². The molecule has 1 aliphatic heterocycles. The van der Waals surface area contributed by atoms with Gasteiger partial charge in [0.05, 0.1) is 0 Å². The van der Waals surface area contributed by atoms with Gasteiger partial charge in [-0.05, 0) is 19.2 Å². The zero-order valence-corrected chi connectivity index (χ0v) is 9.04. The van der Waals surface area contributed by atoms with E-state index in [0.717, 1.165) is 26.2 Å². The van der Waals surface area contributed by atoms with Crippen molar-refractivity contribution in [2.24, 2.45) is 0 Å². The Morgan fingerprint density at radius 1 is 1.29 bits per heavy atom. The van der Waals surface area contributed by atoms with Crippen molar-refractivity contribution in [3.8, 4) is 0 Å². The highest BCUT2D eigenvalue weighted by atomic mass is 35.5. The lowest BCUT2D eigenvalue weighted by molar-refractivity contribution is 0.313. The first-order valence-electron chi connectivity index (χ1n) is 4.81. The number of anilines is 1. The second-order valence-electron chi connectivity index (χ2n) is 3.63. The molecule has 0 unspecified atom stereocenters. The summed E-state index contributed by atoms with van der Waals surface area (Å²) in [5.74, 6) is 0. The summed E-state index contributed by atoms with van der Waals surface area (Å²) in [6.07, 6.45) is 1.76. The summed E-state index contributed by atoms with van der Waals surface area (Å²) in [6, 6.07) is 3.93. The van der Waals surface area contributed by atoms with E-state index >= 15 is 0 Å². The number of hydrogen-bond donors (Lipinski definition) is 0. The molecule has 2 heterocycles. The van der Waals surface area contributed by atoms with Crippen molar-refractivity contribution in [2.75, 3.05) is 38.1 Å². The van der Waals surface area contributed by atoms with Gasteiger partial charge in [-0.25, -0.2) is 4.98 Å². The number of rotatable bonds is 1. The second-order valence-corrected chi connectivity index (χ2v) is 4.01. The first-order chi connectivity index (χ1) is 6.75. The number of likely N-dealkylation sites (N-methyl/N-ethyl adjacent to an activating group) is 1. The predicted octanol–water partition coefficient (Wildman–Crippen LogP) is 1.49. The van der Waals surface area contributed by atoms with E-state index in [1.165, 1.54) is 5.69 Å². The Balaban J connectivity index is 2.08. The van der Waals surface area contributed by atoms with E-state index in [1.54, 1.807) is 6.20 Å². The van der Waals surface area contributed by atoms with Crippen LogP contribution < -0.4 is 4.90 Å². The fraction of sp³-hybridized carbons (Fsp3) is 0.500. The molecule has 0 aliphatic carbocycles. The molecule has 4 heteroatoms.